The molecule has 0 saturated carbocycles. The van der Waals surface area contributed by atoms with E-state index < -0.39 is 4.92 Å². The highest BCUT2D eigenvalue weighted by Gasteiger charge is 2.09. The highest BCUT2D eigenvalue weighted by molar-refractivity contribution is 8.76. The van der Waals surface area contributed by atoms with Gasteiger partial charge in [0.2, 0.25) is 0 Å². The maximum atomic E-state index is 10.6. The Kier molecular flexibility index (Phi) is 15.3. The molecule has 0 bridgehead atoms. The van der Waals surface area contributed by atoms with Crippen LogP contribution in [0.25, 0.3) is 0 Å². The smallest absolute Gasteiger partial charge is 0.302 e. The Morgan fingerprint density at radius 1 is 1.36 bits per heavy atom. The minimum absolute atomic E-state index is 0.0303. The standard InChI is InChI=1S/C10H12N2O4S2.2C2H6/c1-7(6-16-8(2)13)17-18-10-4-3-9(5-11-10)12(14)15;2*1-2/h3-5,7H,6H2,1-2H3;2*1-2H3/t7-;;/m1../s1. The van der Waals surface area contributed by atoms with Crippen LogP contribution >= 0.6 is 21.6 Å². The second kappa shape index (κ2) is 14.6. The van der Waals surface area contributed by atoms with Crippen molar-refractivity contribution in [2.75, 3.05) is 6.61 Å². The van der Waals surface area contributed by atoms with E-state index in [1.807, 2.05) is 34.6 Å². The number of nitrogens with zero attached hydrogens (tertiary/aromatic N) is 2. The van der Waals surface area contributed by atoms with Gasteiger partial charge in [0.25, 0.3) is 5.69 Å². The first-order valence-electron chi connectivity index (χ1n) is 7.06. The molecule has 0 aliphatic heterocycles. The van der Waals surface area contributed by atoms with Crippen LogP contribution in [0.4, 0.5) is 5.69 Å². The van der Waals surface area contributed by atoms with E-state index in [0.29, 0.717) is 11.6 Å². The number of nitro groups is 1. The molecule has 0 saturated heterocycles. The van der Waals surface area contributed by atoms with Gasteiger partial charge in [0, 0.05) is 18.2 Å². The molecule has 1 heterocycles. The number of esters is 1. The lowest BCUT2D eigenvalue weighted by Gasteiger charge is -2.09. The highest BCUT2D eigenvalue weighted by Crippen LogP contribution is 2.33. The minimum Gasteiger partial charge on any atom is -0.465 e. The molecule has 0 amide bonds. The van der Waals surface area contributed by atoms with Crippen molar-refractivity contribution in [3.05, 3.63) is 28.4 Å². The van der Waals surface area contributed by atoms with Crippen molar-refractivity contribution in [3.63, 3.8) is 0 Å². The average Bonchev–Trinajstić information content (AvgIpc) is 2.55. The van der Waals surface area contributed by atoms with Gasteiger partial charge >= 0.3 is 5.97 Å². The van der Waals surface area contributed by atoms with Gasteiger partial charge in [-0.3, -0.25) is 14.9 Å². The van der Waals surface area contributed by atoms with Crippen molar-refractivity contribution in [1.29, 1.82) is 0 Å². The van der Waals surface area contributed by atoms with Gasteiger partial charge in [-0.15, -0.1) is 0 Å². The van der Waals surface area contributed by atoms with Crippen LogP contribution in [-0.4, -0.2) is 27.7 Å². The van der Waals surface area contributed by atoms with Crippen LogP contribution in [0.15, 0.2) is 23.4 Å². The van der Waals surface area contributed by atoms with Crippen molar-refractivity contribution >= 4 is 33.2 Å². The van der Waals surface area contributed by atoms with Gasteiger partial charge in [-0.25, -0.2) is 4.98 Å². The number of rotatable bonds is 6. The lowest BCUT2D eigenvalue weighted by atomic mass is 10.4. The van der Waals surface area contributed by atoms with Gasteiger partial charge in [0.1, 0.15) is 17.8 Å². The maximum Gasteiger partial charge on any atom is 0.302 e. The van der Waals surface area contributed by atoms with Gasteiger partial charge < -0.3 is 4.74 Å². The molecule has 22 heavy (non-hydrogen) atoms. The van der Waals surface area contributed by atoms with Gasteiger partial charge in [-0.05, 0) is 23.8 Å². The van der Waals surface area contributed by atoms with Crippen LogP contribution in [-0.2, 0) is 9.53 Å². The molecule has 0 unspecified atom stereocenters. The Labute approximate surface area is 140 Å². The lowest BCUT2D eigenvalue weighted by molar-refractivity contribution is -0.385. The van der Waals surface area contributed by atoms with Gasteiger partial charge in [-0.1, -0.05) is 38.5 Å². The van der Waals surface area contributed by atoms with Crippen molar-refractivity contribution in [2.45, 2.75) is 51.8 Å². The average molecular weight is 348 g/mol. The van der Waals surface area contributed by atoms with Crippen LogP contribution in [0, 0.1) is 10.1 Å². The summed E-state index contributed by atoms with van der Waals surface area (Å²) in [5, 5.41) is 11.2. The predicted octanol–water partition coefficient (Wildman–Crippen LogP) is 4.73. The van der Waals surface area contributed by atoms with Gasteiger partial charge in [-0.2, -0.15) is 0 Å². The predicted molar refractivity (Wildman–Crippen MR) is 93.1 cm³/mol. The highest BCUT2D eigenvalue weighted by atomic mass is 33.1. The summed E-state index contributed by atoms with van der Waals surface area (Å²) >= 11 is 0. The Bertz CT molecular complexity index is 427. The largest absolute Gasteiger partial charge is 0.465 e. The third kappa shape index (κ3) is 11.4. The summed E-state index contributed by atoms with van der Waals surface area (Å²) in [6, 6.07) is 3.00. The van der Waals surface area contributed by atoms with E-state index in [2.05, 4.69) is 4.98 Å². The van der Waals surface area contributed by atoms with E-state index >= 15 is 0 Å². The molecule has 0 aromatic carbocycles. The van der Waals surface area contributed by atoms with E-state index in [9.17, 15) is 14.9 Å². The quantitative estimate of drug-likeness (QED) is 0.318. The summed E-state index contributed by atoms with van der Waals surface area (Å²) in [5.74, 6) is -0.305. The zero-order valence-corrected chi connectivity index (χ0v) is 15.5. The van der Waals surface area contributed by atoms with Crippen LogP contribution in [0.1, 0.15) is 41.5 Å². The second-order valence-electron chi connectivity index (χ2n) is 3.40. The summed E-state index contributed by atoms with van der Waals surface area (Å²) < 4.78 is 4.86. The first kappa shape index (κ1) is 23.0. The molecule has 6 nitrogen and oxygen atoms in total. The molecule has 1 aromatic rings. The molecule has 126 valence electrons. The minimum atomic E-state index is -0.488. The molecule has 8 heteroatoms. The van der Waals surface area contributed by atoms with Crippen molar-refractivity contribution in [1.82, 2.24) is 4.98 Å². The Hall–Kier alpha value is -1.28. The van der Waals surface area contributed by atoms with Gasteiger partial charge in [0.15, 0.2) is 0 Å². The first-order valence-corrected chi connectivity index (χ1v) is 9.27. The number of carbonyl (C=O) groups is 1. The number of carbonyl (C=O) groups excluding carboxylic acids is 1. The summed E-state index contributed by atoms with van der Waals surface area (Å²) in [7, 11) is 2.89. The summed E-state index contributed by atoms with van der Waals surface area (Å²) in [4.78, 5) is 24.5. The van der Waals surface area contributed by atoms with E-state index in [4.69, 9.17) is 4.74 Å². The summed E-state index contributed by atoms with van der Waals surface area (Å²) in [6.07, 6.45) is 1.22. The van der Waals surface area contributed by atoms with Crippen LogP contribution in [0.3, 0.4) is 0 Å². The topological polar surface area (TPSA) is 82.3 Å². The number of ether oxygens (including phenoxy) is 1. The molecule has 0 N–H and O–H groups in total. The second-order valence-corrected chi connectivity index (χ2v) is 6.06. The molecule has 0 aliphatic carbocycles. The molecule has 0 fully saturated rings. The summed E-state index contributed by atoms with van der Waals surface area (Å²) in [5.41, 5.74) is -0.0303. The third-order valence-electron chi connectivity index (χ3n) is 1.75. The number of hydrogen-bond acceptors (Lipinski definition) is 7. The molecule has 1 rings (SSSR count). The molecule has 0 radical (unpaired) electrons. The van der Waals surface area contributed by atoms with E-state index in [-0.39, 0.29) is 16.9 Å². The van der Waals surface area contributed by atoms with Crippen molar-refractivity contribution in [3.8, 4) is 0 Å². The SMILES string of the molecule is CC.CC.CC(=O)OC[C@@H](C)SSc1ccc([N+](=O)[O-])cn1. The molecule has 0 spiro atoms. The van der Waals surface area contributed by atoms with Crippen LogP contribution < -0.4 is 0 Å². The molecule has 1 aromatic heterocycles. The van der Waals surface area contributed by atoms with Crippen molar-refractivity contribution in [2.24, 2.45) is 0 Å². The fourth-order valence-corrected chi connectivity index (χ4v) is 2.78. The Morgan fingerprint density at radius 2 is 1.95 bits per heavy atom. The fraction of sp³-hybridized carbons (Fsp3) is 0.571. The zero-order chi connectivity index (χ0) is 17.5. The van der Waals surface area contributed by atoms with E-state index in [1.165, 1.54) is 40.8 Å². The normalized spacial score (nSPS) is 10.3. The number of pyridine rings is 1. The number of aromatic nitrogens is 1. The monoisotopic (exact) mass is 348 g/mol. The van der Waals surface area contributed by atoms with Gasteiger partial charge in [0.05, 0.1) is 4.92 Å². The van der Waals surface area contributed by atoms with E-state index in [1.54, 1.807) is 6.07 Å². The molecule has 1 atom stereocenters. The van der Waals surface area contributed by atoms with Crippen molar-refractivity contribution < 1.29 is 14.5 Å². The molecular formula is C14H24N2O4S2. The van der Waals surface area contributed by atoms with Crippen LogP contribution in [0.2, 0.25) is 0 Å². The third-order valence-corrected chi connectivity index (χ3v) is 4.51. The molecule has 0 aliphatic rings. The van der Waals surface area contributed by atoms with Crippen LogP contribution in [0.5, 0.6) is 0 Å². The Morgan fingerprint density at radius 3 is 2.36 bits per heavy atom. The Balaban J connectivity index is 0. The maximum absolute atomic E-state index is 10.6. The molecular weight excluding hydrogens is 324 g/mol. The fourth-order valence-electron chi connectivity index (χ4n) is 0.924. The number of hydrogen-bond donors (Lipinski definition) is 0. The lowest BCUT2D eigenvalue weighted by Crippen LogP contribution is -2.09. The first-order chi connectivity index (χ1) is 10.5. The zero-order valence-electron chi connectivity index (χ0n) is 13.9. The summed E-state index contributed by atoms with van der Waals surface area (Å²) in [6.45, 7) is 11.6. The van der Waals surface area contributed by atoms with E-state index in [0.717, 1.165) is 0 Å².